The van der Waals surface area contributed by atoms with Crippen LogP contribution in [0.1, 0.15) is 34.8 Å². The third-order valence-corrected chi connectivity index (χ3v) is 5.99. The first kappa shape index (κ1) is 19.5. The summed E-state index contributed by atoms with van der Waals surface area (Å²) >= 11 is 0. The molecule has 4 rings (SSSR count). The molecule has 5 heteroatoms. The number of methoxy groups -OCH3 is 1. The summed E-state index contributed by atoms with van der Waals surface area (Å²) in [7, 11) is 7.91. The SMILES string of the molecule is C=C1c2ccc3c(c2CN1C)c1cc(C(C)=O)c(OC)cc1n3CCCN(C)C. The van der Waals surface area contributed by atoms with E-state index in [2.05, 4.69) is 54.2 Å². The van der Waals surface area contributed by atoms with Crippen LogP contribution in [0.5, 0.6) is 5.75 Å². The number of carbonyl (C=O) groups excluding carboxylic acids is 1. The lowest BCUT2D eigenvalue weighted by Gasteiger charge is -2.13. The first-order valence-electron chi connectivity index (χ1n) is 10.1. The lowest BCUT2D eigenvalue weighted by Crippen LogP contribution is -2.15. The summed E-state index contributed by atoms with van der Waals surface area (Å²) in [5.41, 5.74) is 6.52. The highest BCUT2D eigenvalue weighted by Crippen LogP contribution is 2.42. The average Bonchev–Trinajstić information content (AvgIpc) is 3.14. The standard InChI is InChI=1S/C24H29N3O2/c1-15-17-8-9-21-24(20(17)14-26(15)5)19-12-18(16(2)28)23(29-6)13-22(19)27(21)11-7-10-25(3)4/h8-9,12-13H,1,7,10-11,14H2,2-6H3. The highest BCUT2D eigenvalue weighted by Gasteiger charge is 2.26. The lowest BCUT2D eigenvalue weighted by molar-refractivity contribution is 0.101. The van der Waals surface area contributed by atoms with Crippen LogP contribution < -0.4 is 4.74 Å². The fourth-order valence-corrected chi connectivity index (χ4v) is 4.49. The molecule has 0 spiro atoms. The summed E-state index contributed by atoms with van der Waals surface area (Å²) in [6, 6.07) is 8.44. The number of benzene rings is 2. The second-order valence-corrected chi connectivity index (χ2v) is 8.22. The molecule has 1 aliphatic heterocycles. The van der Waals surface area contributed by atoms with E-state index in [0.717, 1.165) is 42.7 Å². The van der Waals surface area contributed by atoms with Gasteiger partial charge in [-0.1, -0.05) is 12.6 Å². The van der Waals surface area contributed by atoms with Crippen LogP contribution in [0.25, 0.3) is 27.5 Å². The minimum Gasteiger partial charge on any atom is -0.496 e. The van der Waals surface area contributed by atoms with Gasteiger partial charge in [0.05, 0.1) is 18.2 Å². The quantitative estimate of drug-likeness (QED) is 0.585. The molecule has 3 aromatic rings. The minimum atomic E-state index is 0.0198. The lowest BCUT2D eigenvalue weighted by atomic mass is 10.00. The molecule has 0 saturated heterocycles. The zero-order valence-corrected chi connectivity index (χ0v) is 18.0. The van der Waals surface area contributed by atoms with Gasteiger partial charge in [-0.3, -0.25) is 4.79 Å². The van der Waals surface area contributed by atoms with Gasteiger partial charge in [-0.25, -0.2) is 0 Å². The molecule has 0 unspecified atom stereocenters. The Balaban J connectivity index is 2.03. The Morgan fingerprint density at radius 1 is 1.24 bits per heavy atom. The van der Waals surface area contributed by atoms with E-state index in [4.69, 9.17) is 4.74 Å². The predicted octanol–water partition coefficient (Wildman–Crippen LogP) is 4.37. The summed E-state index contributed by atoms with van der Waals surface area (Å²) in [6.07, 6.45) is 1.05. The number of Topliss-reactive ketones (excluding diaryl/α,β-unsaturated/α-hetero) is 1. The van der Waals surface area contributed by atoms with Gasteiger partial charge in [-0.15, -0.1) is 0 Å². The van der Waals surface area contributed by atoms with Crippen molar-refractivity contribution in [2.75, 3.05) is 34.8 Å². The molecule has 2 heterocycles. The molecule has 1 aromatic heterocycles. The number of ether oxygens (including phenoxy) is 1. The first-order chi connectivity index (χ1) is 13.8. The molecule has 0 radical (unpaired) electrons. The van der Waals surface area contributed by atoms with Crippen molar-refractivity contribution in [3.8, 4) is 5.75 Å². The molecular formula is C24H29N3O2. The predicted molar refractivity (Wildman–Crippen MR) is 120 cm³/mol. The number of nitrogens with zero attached hydrogens (tertiary/aromatic N) is 3. The molecule has 0 aliphatic carbocycles. The topological polar surface area (TPSA) is 37.7 Å². The van der Waals surface area contributed by atoms with Gasteiger partial charge >= 0.3 is 0 Å². The largest absolute Gasteiger partial charge is 0.496 e. The molecule has 152 valence electrons. The highest BCUT2D eigenvalue weighted by atomic mass is 16.5. The van der Waals surface area contributed by atoms with E-state index in [1.165, 1.54) is 22.0 Å². The summed E-state index contributed by atoms with van der Waals surface area (Å²) in [5, 5.41) is 2.36. The van der Waals surface area contributed by atoms with Crippen LogP contribution in [-0.2, 0) is 13.1 Å². The Morgan fingerprint density at radius 2 is 2.00 bits per heavy atom. The highest BCUT2D eigenvalue weighted by molar-refractivity contribution is 6.14. The number of aryl methyl sites for hydroxylation is 1. The van der Waals surface area contributed by atoms with Gasteiger partial charge in [0.25, 0.3) is 0 Å². The number of rotatable bonds is 6. The fraction of sp³-hybridized carbons (Fsp3) is 0.375. The van der Waals surface area contributed by atoms with Crippen LogP contribution in [0, 0.1) is 0 Å². The van der Waals surface area contributed by atoms with Crippen molar-refractivity contribution >= 4 is 33.3 Å². The molecule has 0 amide bonds. The van der Waals surface area contributed by atoms with Crippen LogP contribution in [0.3, 0.4) is 0 Å². The van der Waals surface area contributed by atoms with Crippen LogP contribution in [-0.4, -0.2) is 54.9 Å². The second-order valence-electron chi connectivity index (χ2n) is 8.22. The first-order valence-corrected chi connectivity index (χ1v) is 10.1. The Labute approximate surface area is 172 Å². The molecule has 2 aromatic carbocycles. The summed E-state index contributed by atoms with van der Waals surface area (Å²) in [5.74, 6) is 0.659. The van der Waals surface area contributed by atoms with Crippen molar-refractivity contribution in [3.63, 3.8) is 0 Å². The smallest absolute Gasteiger partial charge is 0.163 e. The monoisotopic (exact) mass is 391 g/mol. The van der Waals surface area contributed by atoms with Gasteiger partial charge in [-0.05, 0) is 51.7 Å². The van der Waals surface area contributed by atoms with Crippen molar-refractivity contribution in [2.24, 2.45) is 0 Å². The number of fused-ring (bicyclic) bond motifs is 5. The van der Waals surface area contributed by atoms with Crippen molar-refractivity contribution in [1.82, 2.24) is 14.4 Å². The Kier molecular flexibility index (Phi) is 4.87. The summed E-state index contributed by atoms with van der Waals surface area (Å²) in [6.45, 7) is 8.62. The third kappa shape index (κ3) is 3.10. The van der Waals surface area contributed by atoms with Gasteiger partial charge in [0.2, 0.25) is 0 Å². The molecule has 0 bridgehead atoms. The molecular weight excluding hydrogens is 362 g/mol. The zero-order valence-electron chi connectivity index (χ0n) is 18.0. The van der Waals surface area contributed by atoms with E-state index < -0.39 is 0 Å². The van der Waals surface area contributed by atoms with Gasteiger partial charge < -0.3 is 19.1 Å². The van der Waals surface area contributed by atoms with Gasteiger partial charge in [0.1, 0.15) is 5.75 Å². The zero-order chi connectivity index (χ0) is 20.9. The maximum absolute atomic E-state index is 12.3. The van der Waals surface area contributed by atoms with E-state index in [-0.39, 0.29) is 5.78 Å². The van der Waals surface area contributed by atoms with E-state index in [9.17, 15) is 4.79 Å². The van der Waals surface area contributed by atoms with Crippen molar-refractivity contribution in [2.45, 2.75) is 26.4 Å². The van der Waals surface area contributed by atoms with E-state index in [1.807, 2.05) is 12.1 Å². The molecule has 0 saturated carbocycles. The maximum Gasteiger partial charge on any atom is 0.163 e. The third-order valence-electron chi connectivity index (χ3n) is 5.99. The van der Waals surface area contributed by atoms with Crippen molar-refractivity contribution < 1.29 is 9.53 Å². The van der Waals surface area contributed by atoms with Gasteiger partial charge in [-0.2, -0.15) is 0 Å². The van der Waals surface area contributed by atoms with Gasteiger partial charge in [0.15, 0.2) is 5.78 Å². The van der Waals surface area contributed by atoms with E-state index in [0.29, 0.717) is 11.3 Å². The number of ketones is 1. The molecule has 1 aliphatic rings. The molecule has 0 atom stereocenters. The van der Waals surface area contributed by atoms with Gasteiger partial charge in [0, 0.05) is 53.8 Å². The number of aromatic nitrogens is 1. The van der Waals surface area contributed by atoms with Crippen molar-refractivity contribution in [3.05, 3.63) is 47.5 Å². The normalized spacial score (nSPS) is 13.7. The molecule has 5 nitrogen and oxygen atoms in total. The Hall–Kier alpha value is -2.79. The number of hydrogen-bond donors (Lipinski definition) is 0. The number of carbonyl (C=O) groups is 1. The molecule has 0 fully saturated rings. The average molecular weight is 392 g/mol. The molecule has 0 N–H and O–H groups in total. The number of hydrogen-bond acceptors (Lipinski definition) is 4. The summed E-state index contributed by atoms with van der Waals surface area (Å²) < 4.78 is 7.95. The summed E-state index contributed by atoms with van der Waals surface area (Å²) in [4.78, 5) is 16.7. The van der Waals surface area contributed by atoms with Crippen molar-refractivity contribution in [1.29, 1.82) is 0 Å². The fourth-order valence-electron chi connectivity index (χ4n) is 4.49. The van der Waals surface area contributed by atoms with Crippen LogP contribution >= 0.6 is 0 Å². The minimum absolute atomic E-state index is 0.0198. The van der Waals surface area contributed by atoms with Crippen LogP contribution in [0.4, 0.5) is 0 Å². The Bertz CT molecular complexity index is 1140. The van der Waals surface area contributed by atoms with Crippen LogP contribution in [0.2, 0.25) is 0 Å². The molecule has 29 heavy (non-hydrogen) atoms. The Morgan fingerprint density at radius 3 is 2.66 bits per heavy atom. The van der Waals surface area contributed by atoms with Crippen LogP contribution in [0.15, 0.2) is 30.8 Å². The van der Waals surface area contributed by atoms with E-state index >= 15 is 0 Å². The maximum atomic E-state index is 12.3. The van der Waals surface area contributed by atoms with E-state index in [1.54, 1.807) is 14.0 Å². The second kappa shape index (κ2) is 7.23.